The van der Waals surface area contributed by atoms with E-state index >= 15 is 0 Å². The van der Waals surface area contributed by atoms with Gasteiger partial charge in [-0.2, -0.15) is 0 Å². The van der Waals surface area contributed by atoms with Gasteiger partial charge in [-0.15, -0.1) is 0 Å². The van der Waals surface area contributed by atoms with Crippen LogP contribution in [0.1, 0.15) is 24.2 Å². The van der Waals surface area contributed by atoms with Crippen molar-refractivity contribution in [2.75, 3.05) is 11.9 Å². The summed E-state index contributed by atoms with van der Waals surface area (Å²) < 4.78 is 23.9. The number of hydrogen-bond donors (Lipinski definition) is 1. The third kappa shape index (κ3) is 4.55. The average Bonchev–Trinajstić information content (AvgIpc) is 2.57. The molecule has 0 unspecified atom stereocenters. The SMILES string of the molecule is CCOc1ccc(C(=O)O[C@@H](C)C(=O)Nc2ccccc2F)cc1. The normalized spacial score (nSPS) is 11.5. The van der Waals surface area contributed by atoms with Crippen molar-refractivity contribution in [3.05, 3.63) is 59.9 Å². The number of benzene rings is 2. The van der Waals surface area contributed by atoms with E-state index in [-0.39, 0.29) is 5.69 Å². The topological polar surface area (TPSA) is 64.6 Å². The van der Waals surface area contributed by atoms with Crippen molar-refractivity contribution in [3.8, 4) is 5.75 Å². The third-order valence-corrected chi connectivity index (χ3v) is 3.19. The highest BCUT2D eigenvalue weighted by atomic mass is 19.1. The molecule has 0 aliphatic heterocycles. The molecular weight excluding hydrogens is 313 g/mol. The molecule has 0 saturated heterocycles. The van der Waals surface area contributed by atoms with Crippen molar-refractivity contribution < 1.29 is 23.5 Å². The van der Waals surface area contributed by atoms with Crippen LogP contribution >= 0.6 is 0 Å². The summed E-state index contributed by atoms with van der Waals surface area (Å²) >= 11 is 0. The summed E-state index contributed by atoms with van der Waals surface area (Å²) in [6.07, 6.45) is -1.07. The molecule has 1 N–H and O–H groups in total. The number of nitrogens with one attached hydrogen (secondary N) is 1. The Morgan fingerprint density at radius 2 is 1.79 bits per heavy atom. The van der Waals surface area contributed by atoms with Gasteiger partial charge in [0.1, 0.15) is 11.6 Å². The molecule has 0 fully saturated rings. The first-order valence-corrected chi connectivity index (χ1v) is 7.50. The van der Waals surface area contributed by atoms with E-state index in [1.807, 2.05) is 6.92 Å². The maximum atomic E-state index is 13.5. The van der Waals surface area contributed by atoms with Crippen LogP contribution in [0.5, 0.6) is 5.75 Å². The standard InChI is InChI=1S/C18H18FNO4/c1-3-23-14-10-8-13(9-11-14)18(22)24-12(2)17(21)20-16-7-5-4-6-15(16)19/h4-12H,3H2,1-2H3,(H,20,21)/t12-/m0/s1. The van der Waals surface area contributed by atoms with Crippen molar-refractivity contribution in [1.82, 2.24) is 0 Å². The van der Waals surface area contributed by atoms with Crippen LogP contribution in [0.4, 0.5) is 10.1 Å². The van der Waals surface area contributed by atoms with Crippen molar-refractivity contribution in [1.29, 1.82) is 0 Å². The molecule has 6 heteroatoms. The molecule has 0 bridgehead atoms. The second-order valence-electron chi connectivity index (χ2n) is 4.97. The molecule has 2 rings (SSSR count). The molecule has 0 heterocycles. The Hall–Kier alpha value is -2.89. The molecule has 1 atom stereocenters. The average molecular weight is 331 g/mol. The maximum Gasteiger partial charge on any atom is 0.338 e. The van der Waals surface area contributed by atoms with Crippen LogP contribution in [-0.2, 0) is 9.53 Å². The number of para-hydroxylation sites is 1. The number of carbonyl (C=O) groups is 2. The number of ether oxygens (including phenoxy) is 2. The summed E-state index contributed by atoms with van der Waals surface area (Å²) in [6, 6.07) is 12.1. The summed E-state index contributed by atoms with van der Waals surface area (Å²) in [6.45, 7) is 3.80. The highest BCUT2D eigenvalue weighted by molar-refractivity contribution is 5.97. The molecule has 0 saturated carbocycles. The molecule has 0 aliphatic carbocycles. The number of carbonyl (C=O) groups excluding carboxylic acids is 2. The van der Waals surface area contributed by atoms with E-state index in [1.165, 1.54) is 25.1 Å². The predicted molar refractivity (Wildman–Crippen MR) is 87.5 cm³/mol. The lowest BCUT2D eigenvalue weighted by atomic mass is 10.2. The van der Waals surface area contributed by atoms with Crippen LogP contribution < -0.4 is 10.1 Å². The van der Waals surface area contributed by atoms with Gasteiger partial charge in [-0.3, -0.25) is 4.79 Å². The Balaban J connectivity index is 1.95. The van der Waals surface area contributed by atoms with Crippen LogP contribution in [-0.4, -0.2) is 24.6 Å². The van der Waals surface area contributed by atoms with E-state index in [1.54, 1.807) is 30.3 Å². The number of rotatable bonds is 6. The van der Waals surface area contributed by atoms with Crippen LogP contribution in [0.25, 0.3) is 0 Å². The Kier molecular flexibility index (Phi) is 5.89. The van der Waals surface area contributed by atoms with E-state index in [4.69, 9.17) is 9.47 Å². The number of amides is 1. The molecule has 0 spiro atoms. The van der Waals surface area contributed by atoms with Gasteiger partial charge in [0.2, 0.25) is 0 Å². The molecule has 126 valence electrons. The van der Waals surface area contributed by atoms with Gasteiger partial charge in [0.25, 0.3) is 5.91 Å². The second kappa shape index (κ2) is 8.10. The van der Waals surface area contributed by atoms with E-state index in [0.29, 0.717) is 17.9 Å². The fourth-order valence-corrected chi connectivity index (χ4v) is 1.93. The number of esters is 1. The van der Waals surface area contributed by atoms with Crippen LogP contribution in [0.3, 0.4) is 0 Å². The smallest absolute Gasteiger partial charge is 0.338 e. The van der Waals surface area contributed by atoms with Crippen molar-refractivity contribution in [2.45, 2.75) is 20.0 Å². The fraction of sp³-hybridized carbons (Fsp3) is 0.222. The van der Waals surface area contributed by atoms with E-state index in [9.17, 15) is 14.0 Å². The second-order valence-corrected chi connectivity index (χ2v) is 4.97. The summed E-state index contributed by atoms with van der Waals surface area (Å²) in [4.78, 5) is 24.0. The third-order valence-electron chi connectivity index (χ3n) is 3.19. The molecular formula is C18H18FNO4. The summed E-state index contributed by atoms with van der Waals surface area (Å²) in [5, 5.41) is 2.38. The number of anilines is 1. The quantitative estimate of drug-likeness (QED) is 0.824. The minimum Gasteiger partial charge on any atom is -0.494 e. The first kappa shape index (κ1) is 17.5. The maximum absolute atomic E-state index is 13.5. The molecule has 24 heavy (non-hydrogen) atoms. The molecule has 2 aromatic carbocycles. The fourth-order valence-electron chi connectivity index (χ4n) is 1.93. The zero-order chi connectivity index (χ0) is 17.5. The predicted octanol–water partition coefficient (Wildman–Crippen LogP) is 3.41. The molecule has 0 radical (unpaired) electrons. The molecule has 1 amide bonds. The van der Waals surface area contributed by atoms with Crippen LogP contribution in [0.15, 0.2) is 48.5 Å². The van der Waals surface area contributed by atoms with E-state index in [2.05, 4.69) is 5.32 Å². The first-order chi connectivity index (χ1) is 11.5. The van der Waals surface area contributed by atoms with Gasteiger partial charge in [-0.25, -0.2) is 9.18 Å². The number of halogens is 1. The highest BCUT2D eigenvalue weighted by Crippen LogP contribution is 2.15. The lowest BCUT2D eigenvalue weighted by Gasteiger charge is -2.14. The zero-order valence-electron chi connectivity index (χ0n) is 13.4. The molecule has 0 aliphatic rings. The van der Waals surface area contributed by atoms with Gasteiger partial charge in [-0.1, -0.05) is 12.1 Å². The van der Waals surface area contributed by atoms with Gasteiger partial charge in [0.05, 0.1) is 17.9 Å². The monoisotopic (exact) mass is 331 g/mol. The summed E-state index contributed by atoms with van der Waals surface area (Å²) in [7, 11) is 0. The zero-order valence-corrected chi connectivity index (χ0v) is 13.4. The molecule has 0 aromatic heterocycles. The Labute approximate surface area is 139 Å². The minimum absolute atomic E-state index is 0.0338. The van der Waals surface area contributed by atoms with Crippen LogP contribution in [0, 0.1) is 5.82 Å². The van der Waals surface area contributed by atoms with Gasteiger partial charge in [0, 0.05) is 0 Å². The van der Waals surface area contributed by atoms with Crippen molar-refractivity contribution in [2.24, 2.45) is 0 Å². The Bertz CT molecular complexity index is 715. The van der Waals surface area contributed by atoms with Gasteiger partial charge >= 0.3 is 5.97 Å². The van der Waals surface area contributed by atoms with Crippen molar-refractivity contribution >= 4 is 17.6 Å². The highest BCUT2D eigenvalue weighted by Gasteiger charge is 2.20. The van der Waals surface area contributed by atoms with Crippen molar-refractivity contribution in [3.63, 3.8) is 0 Å². The number of hydrogen-bond acceptors (Lipinski definition) is 4. The Morgan fingerprint density at radius 1 is 1.12 bits per heavy atom. The minimum atomic E-state index is -1.07. The molecule has 5 nitrogen and oxygen atoms in total. The van der Waals surface area contributed by atoms with Crippen LogP contribution in [0.2, 0.25) is 0 Å². The molecule has 2 aromatic rings. The lowest BCUT2D eigenvalue weighted by Crippen LogP contribution is -2.30. The largest absolute Gasteiger partial charge is 0.494 e. The summed E-state index contributed by atoms with van der Waals surface area (Å²) in [5.74, 6) is -1.18. The van der Waals surface area contributed by atoms with E-state index in [0.717, 1.165) is 0 Å². The Morgan fingerprint density at radius 3 is 2.42 bits per heavy atom. The lowest BCUT2D eigenvalue weighted by molar-refractivity contribution is -0.123. The van der Waals surface area contributed by atoms with Gasteiger partial charge in [-0.05, 0) is 50.2 Å². The first-order valence-electron chi connectivity index (χ1n) is 7.50. The summed E-state index contributed by atoms with van der Waals surface area (Å²) in [5.41, 5.74) is 0.329. The van der Waals surface area contributed by atoms with Gasteiger partial charge < -0.3 is 14.8 Å². The van der Waals surface area contributed by atoms with E-state index < -0.39 is 23.8 Å². The van der Waals surface area contributed by atoms with Gasteiger partial charge in [0.15, 0.2) is 6.10 Å².